The molecule has 2 N–H and O–H groups in total. The van der Waals surface area contributed by atoms with Crippen molar-refractivity contribution >= 4 is 16.5 Å². The summed E-state index contributed by atoms with van der Waals surface area (Å²) in [5, 5.41) is 1.05. The van der Waals surface area contributed by atoms with Crippen molar-refractivity contribution in [3.63, 3.8) is 0 Å². The molecule has 1 aliphatic rings. The monoisotopic (exact) mass is 305 g/mol. The largest absolute Gasteiger partial charge is 0.469 e. The third-order valence-electron chi connectivity index (χ3n) is 4.17. The molecule has 0 saturated heterocycles. The van der Waals surface area contributed by atoms with Crippen molar-refractivity contribution < 1.29 is 4.42 Å². The molecule has 0 radical (unpaired) electrons. The van der Waals surface area contributed by atoms with Crippen molar-refractivity contribution in [3.8, 4) is 0 Å². The van der Waals surface area contributed by atoms with Gasteiger partial charge in [-0.1, -0.05) is 25.2 Å². The van der Waals surface area contributed by atoms with Crippen LogP contribution in [0, 0.1) is 12.3 Å². The second-order valence-corrected chi connectivity index (χ2v) is 7.83. The summed E-state index contributed by atoms with van der Waals surface area (Å²) in [6, 6.07) is 2.15. The maximum absolute atomic E-state index is 6.33. The zero-order chi connectivity index (χ0) is 15.2. The first-order valence-corrected chi connectivity index (χ1v) is 8.17. The normalized spacial score (nSPS) is 20.3. The van der Waals surface area contributed by atoms with E-state index in [0.717, 1.165) is 30.3 Å². The van der Waals surface area contributed by atoms with E-state index in [1.807, 2.05) is 13.0 Å². The quantitative estimate of drug-likeness (QED) is 0.940. The van der Waals surface area contributed by atoms with Crippen LogP contribution in [0.15, 0.2) is 16.7 Å². The van der Waals surface area contributed by atoms with E-state index in [2.05, 4.69) is 25.8 Å². The number of furan rings is 1. The number of thiazole rings is 1. The minimum atomic E-state index is 0.124. The van der Waals surface area contributed by atoms with Crippen LogP contribution in [-0.2, 0) is 13.0 Å². The van der Waals surface area contributed by atoms with Gasteiger partial charge >= 0.3 is 0 Å². The Morgan fingerprint density at radius 1 is 1.52 bits per heavy atom. The second-order valence-electron chi connectivity index (χ2n) is 6.82. The number of nitrogens with two attached hydrogens (primary N) is 1. The van der Waals surface area contributed by atoms with E-state index in [-0.39, 0.29) is 11.5 Å². The Balaban J connectivity index is 1.83. The smallest absolute Gasteiger partial charge is 0.185 e. The summed E-state index contributed by atoms with van der Waals surface area (Å²) in [5.74, 6) is 0.973. The molecular weight excluding hydrogens is 282 g/mol. The molecule has 0 spiro atoms. The fourth-order valence-corrected chi connectivity index (χ4v) is 4.09. The van der Waals surface area contributed by atoms with Gasteiger partial charge < -0.3 is 15.1 Å². The van der Waals surface area contributed by atoms with Crippen LogP contribution in [0.4, 0.5) is 5.13 Å². The number of fused-ring (bicyclic) bond motifs is 1. The van der Waals surface area contributed by atoms with E-state index in [4.69, 9.17) is 15.1 Å². The number of aromatic nitrogens is 1. The SMILES string of the molecule is Cc1occc1CN(C)c1nc2c(s1)C(N)CC(C)(C)C2. The van der Waals surface area contributed by atoms with Gasteiger partial charge in [0.15, 0.2) is 5.13 Å². The molecule has 4 nitrogen and oxygen atoms in total. The summed E-state index contributed by atoms with van der Waals surface area (Å²) in [4.78, 5) is 8.29. The number of hydrogen-bond donors (Lipinski definition) is 1. The first-order chi connectivity index (χ1) is 9.85. The lowest BCUT2D eigenvalue weighted by Gasteiger charge is -2.32. The summed E-state index contributed by atoms with van der Waals surface area (Å²) in [6.45, 7) is 7.35. The molecule has 2 aromatic rings. The summed E-state index contributed by atoms with van der Waals surface area (Å²) in [5.41, 5.74) is 8.97. The van der Waals surface area contributed by atoms with Crippen LogP contribution < -0.4 is 10.6 Å². The highest BCUT2D eigenvalue weighted by atomic mass is 32.1. The Hall–Kier alpha value is -1.33. The average molecular weight is 305 g/mol. The van der Waals surface area contributed by atoms with Gasteiger partial charge in [0.2, 0.25) is 0 Å². The molecule has 0 bridgehead atoms. The maximum Gasteiger partial charge on any atom is 0.185 e. The van der Waals surface area contributed by atoms with Crippen LogP contribution in [0.3, 0.4) is 0 Å². The standard InChI is InChI=1S/C16H23N3OS/c1-10-11(5-6-20-10)9-19(4)15-18-13-8-16(2,3)7-12(17)14(13)21-15/h5-6,12H,7-9,17H2,1-4H3. The third-order valence-corrected chi connectivity index (χ3v) is 5.52. The van der Waals surface area contributed by atoms with Crippen LogP contribution in [-0.4, -0.2) is 12.0 Å². The van der Waals surface area contributed by atoms with E-state index < -0.39 is 0 Å². The van der Waals surface area contributed by atoms with Crippen LogP contribution >= 0.6 is 11.3 Å². The minimum Gasteiger partial charge on any atom is -0.469 e. The molecule has 1 atom stereocenters. The highest BCUT2D eigenvalue weighted by molar-refractivity contribution is 7.15. The van der Waals surface area contributed by atoms with Gasteiger partial charge in [-0.15, -0.1) is 0 Å². The minimum absolute atomic E-state index is 0.124. The van der Waals surface area contributed by atoms with E-state index in [9.17, 15) is 0 Å². The summed E-state index contributed by atoms with van der Waals surface area (Å²) in [7, 11) is 2.08. The molecule has 3 rings (SSSR count). The van der Waals surface area contributed by atoms with Gasteiger partial charge in [-0.3, -0.25) is 0 Å². The van der Waals surface area contributed by atoms with E-state index in [0.29, 0.717) is 0 Å². The second kappa shape index (κ2) is 5.14. The fourth-order valence-electron chi connectivity index (χ4n) is 3.04. The molecule has 2 aromatic heterocycles. The predicted molar refractivity (Wildman–Crippen MR) is 86.7 cm³/mol. The zero-order valence-corrected chi connectivity index (χ0v) is 14.0. The Kier molecular flexibility index (Phi) is 3.58. The summed E-state index contributed by atoms with van der Waals surface area (Å²) >= 11 is 1.74. The highest BCUT2D eigenvalue weighted by Gasteiger charge is 2.33. The molecule has 5 heteroatoms. The van der Waals surface area contributed by atoms with Crippen molar-refractivity contribution in [2.75, 3.05) is 11.9 Å². The van der Waals surface area contributed by atoms with Crippen LogP contribution in [0.2, 0.25) is 0 Å². The molecule has 0 saturated carbocycles. The lowest BCUT2D eigenvalue weighted by molar-refractivity contribution is 0.282. The molecule has 1 unspecified atom stereocenters. The maximum atomic E-state index is 6.33. The predicted octanol–water partition coefficient (Wildman–Crippen LogP) is 3.65. The van der Waals surface area contributed by atoms with Crippen LogP contribution in [0.5, 0.6) is 0 Å². The van der Waals surface area contributed by atoms with E-state index in [1.54, 1.807) is 17.6 Å². The fraction of sp³-hybridized carbons (Fsp3) is 0.562. The lowest BCUT2D eigenvalue weighted by atomic mass is 9.77. The molecule has 21 heavy (non-hydrogen) atoms. The van der Waals surface area contributed by atoms with Crippen molar-refractivity contribution in [2.24, 2.45) is 11.1 Å². The van der Waals surface area contributed by atoms with E-state index in [1.165, 1.54) is 16.1 Å². The number of aryl methyl sites for hydroxylation is 1. The molecule has 0 aromatic carbocycles. The number of nitrogens with zero attached hydrogens (tertiary/aromatic N) is 2. The Morgan fingerprint density at radius 2 is 2.29 bits per heavy atom. The van der Waals surface area contributed by atoms with Crippen LogP contribution in [0.25, 0.3) is 0 Å². The van der Waals surface area contributed by atoms with Gasteiger partial charge in [-0.25, -0.2) is 4.98 Å². The molecule has 0 aliphatic heterocycles. The molecule has 2 heterocycles. The molecule has 114 valence electrons. The third kappa shape index (κ3) is 2.85. The Morgan fingerprint density at radius 3 is 2.95 bits per heavy atom. The molecule has 0 fully saturated rings. The summed E-state index contributed by atoms with van der Waals surface area (Å²) < 4.78 is 5.36. The Bertz CT molecular complexity index is 644. The van der Waals surface area contributed by atoms with Crippen molar-refractivity contribution in [2.45, 2.75) is 46.2 Å². The van der Waals surface area contributed by atoms with Gasteiger partial charge in [-0.05, 0) is 31.2 Å². The van der Waals surface area contributed by atoms with Gasteiger partial charge in [0.05, 0.1) is 12.0 Å². The first-order valence-electron chi connectivity index (χ1n) is 7.35. The van der Waals surface area contributed by atoms with E-state index >= 15 is 0 Å². The lowest BCUT2D eigenvalue weighted by Crippen LogP contribution is -2.28. The molecule has 1 aliphatic carbocycles. The van der Waals surface area contributed by atoms with Gasteiger partial charge in [0, 0.05) is 30.1 Å². The van der Waals surface area contributed by atoms with Crippen molar-refractivity contribution in [1.82, 2.24) is 4.98 Å². The summed E-state index contributed by atoms with van der Waals surface area (Å²) in [6.07, 6.45) is 3.79. The first kappa shape index (κ1) is 14.6. The number of hydrogen-bond acceptors (Lipinski definition) is 5. The van der Waals surface area contributed by atoms with Gasteiger partial charge in [0.1, 0.15) is 5.76 Å². The van der Waals surface area contributed by atoms with Crippen LogP contribution in [0.1, 0.15) is 48.2 Å². The number of anilines is 1. The molecule has 0 amide bonds. The van der Waals surface area contributed by atoms with Crippen molar-refractivity contribution in [1.29, 1.82) is 0 Å². The van der Waals surface area contributed by atoms with Crippen molar-refractivity contribution in [3.05, 3.63) is 34.2 Å². The topological polar surface area (TPSA) is 55.3 Å². The highest BCUT2D eigenvalue weighted by Crippen LogP contribution is 2.43. The van der Waals surface area contributed by atoms with Gasteiger partial charge in [-0.2, -0.15) is 0 Å². The average Bonchev–Trinajstić information content (AvgIpc) is 2.95. The number of rotatable bonds is 3. The zero-order valence-electron chi connectivity index (χ0n) is 13.1. The van der Waals surface area contributed by atoms with Gasteiger partial charge in [0.25, 0.3) is 0 Å². The molecular formula is C16H23N3OS. The Labute approximate surface area is 130 Å².